The van der Waals surface area contributed by atoms with Crippen molar-refractivity contribution in [1.29, 1.82) is 0 Å². The summed E-state index contributed by atoms with van der Waals surface area (Å²) in [6.07, 6.45) is 6.82. The molecular weight excluding hydrogens is 276 g/mol. The fourth-order valence-electron chi connectivity index (χ4n) is 2.60. The van der Waals surface area contributed by atoms with Gasteiger partial charge in [-0.1, -0.05) is 6.92 Å². The van der Waals surface area contributed by atoms with Gasteiger partial charge in [0.15, 0.2) is 0 Å². The lowest BCUT2D eigenvalue weighted by Crippen LogP contribution is -2.52. The maximum atomic E-state index is 11.9. The van der Waals surface area contributed by atoms with Gasteiger partial charge in [-0.05, 0) is 37.2 Å². The van der Waals surface area contributed by atoms with E-state index in [-0.39, 0.29) is 5.91 Å². The molecule has 1 aromatic rings. The van der Waals surface area contributed by atoms with Crippen LogP contribution in [-0.2, 0) is 4.79 Å². The van der Waals surface area contributed by atoms with E-state index in [1.54, 1.807) is 18.5 Å². The van der Waals surface area contributed by atoms with Crippen molar-refractivity contribution in [3.05, 3.63) is 36.2 Å². The Morgan fingerprint density at radius 1 is 1.32 bits per heavy atom. The highest BCUT2D eigenvalue weighted by Gasteiger charge is 2.20. The quantitative estimate of drug-likeness (QED) is 0.803. The summed E-state index contributed by atoms with van der Waals surface area (Å²) < 4.78 is 0. The van der Waals surface area contributed by atoms with Gasteiger partial charge in [0.25, 0.3) is 0 Å². The molecule has 0 aromatic carbocycles. The SMILES string of the molecule is CCN1CCN(C(C)CNC(=O)/C=C/c2ccncc2)CC1. The highest BCUT2D eigenvalue weighted by Crippen LogP contribution is 2.05. The molecule has 0 saturated carbocycles. The van der Waals surface area contributed by atoms with E-state index in [1.165, 1.54) is 0 Å². The van der Waals surface area contributed by atoms with Crippen LogP contribution in [0, 0.1) is 0 Å². The van der Waals surface area contributed by atoms with Crippen molar-refractivity contribution in [2.24, 2.45) is 0 Å². The second kappa shape index (κ2) is 8.66. The van der Waals surface area contributed by atoms with E-state index in [0.717, 1.165) is 38.3 Å². The summed E-state index contributed by atoms with van der Waals surface area (Å²) in [5.74, 6) is -0.0455. The average Bonchev–Trinajstić information content (AvgIpc) is 2.58. The molecule has 0 radical (unpaired) electrons. The van der Waals surface area contributed by atoms with Crippen molar-refractivity contribution >= 4 is 12.0 Å². The highest BCUT2D eigenvalue weighted by molar-refractivity contribution is 5.91. The van der Waals surface area contributed by atoms with Gasteiger partial charge in [-0.25, -0.2) is 0 Å². The Bertz CT molecular complexity index is 481. The minimum Gasteiger partial charge on any atom is -0.351 e. The lowest BCUT2D eigenvalue weighted by Gasteiger charge is -2.37. The van der Waals surface area contributed by atoms with E-state index in [0.29, 0.717) is 12.6 Å². The molecule has 5 heteroatoms. The van der Waals surface area contributed by atoms with Crippen molar-refractivity contribution < 1.29 is 4.79 Å². The normalized spacial score (nSPS) is 18.5. The van der Waals surface area contributed by atoms with Crippen LogP contribution in [0.25, 0.3) is 6.08 Å². The van der Waals surface area contributed by atoms with Gasteiger partial charge in [-0.15, -0.1) is 0 Å². The van der Waals surface area contributed by atoms with E-state index in [9.17, 15) is 4.79 Å². The van der Waals surface area contributed by atoms with Crippen LogP contribution in [0.4, 0.5) is 0 Å². The monoisotopic (exact) mass is 302 g/mol. The number of hydrogen-bond donors (Lipinski definition) is 1. The third-order valence-electron chi connectivity index (χ3n) is 4.18. The Hall–Kier alpha value is -1.72. The van der Waals surface area contributed by atoms with Crippen LogP contribution in [-0.4, -0.2) is 66.0 Å². The van der Waals surface area contributed by atoms with Gasteiger partial charge in [0.1, 0.15) is 0 Å². The molecule has 1 amide bonds. The fraction of sp³-hybridized carbons (Fsp3) is 0.529. The Labute approximate surface area is 133 Å². The molecule has 0 aliphatic carbocycles. The molecule has 1 aliphatic heterocycles. The fourth-order valence-corrected chi connectivity index (χ4v) is 2.60. The largest absolute Gasteiger partial charge is 0.351 e. The first-order valence-corrected chi connectivity index (χ1v) is 8.01. The number of pyridine rings is 1. The van der Waals surface area contributed by atoms with Gasteiger partial charge in [0, 0.05) is 57.2 Å². The van der Waals surface area contributed by atoms with Crippen molar-refractivity contribution in [1.82, 2.24) is 20.1 Å². The standard InChI is InChI=1S/C17H26N4O/c1-3-20-10-12-21(13-11-20)15(2)14-19-17(22)5-4-16-6-8-18-9-7-16/h4-9,15H,3,10-14H2,1-2H3,(H,19,22)/b5-4+. The number of likely N-dealkylation sites (N-methyl/N-ethyl adjacent to an activating group) is 1. The molecule has 22 heavy (non-hydrogen) atoms. The van der Waals surface area contributed by atoms with E-state index >= 15 is 0 Å². The third kappa shape index (κ3) is 5.24. The summed E-state index contributed by atoms with van der Waals surface area (Å²) >= 11 is 0. The number of aromatic nitrogens is 1. The number of carbonyl (C=O) groups excluding carboxylic acids is 1. The van der Waals surface area contributed by atoms with Crippen LogP contribution in [0.15, 0.2) is 30.6 Å². The van der Waals surface area contributed by atoms with Crippen molar-refractivity contribution in [3.8, 4) is 0 Å². The minimum atomic E-state index is -0.0455. The Morgan fingerprint density at radius 3 is 2.64 bits per heavy atom. The predicted molar refractivity (Wildman–Crippen MR) is 89.4 cm³/mol. The molecular formula is C17H26N4O. The molecule has 2 heterocycles. The summed E-state index contributed by atoms with van der Waals surface area (Å²) in [6, 6.07) is 4.12. The van der Waals surface area contributed by atoms with Crippen LogP contribution >= 0.6 is 0 Å². The lowest BCUT2D eigenvalue weighted by molar-refractivity contribution is -0.116. The van der Waals surface area contributed by atoms with Crippen molar-refractivity contribution in [2.45, 2.75) is 19.9 Å². The molecule has 1 unspecified atom stereocenters. The number of rotatable bonds is 6. The zero-order valence-corrected chi connectivity index (χ0v) is 13.5. The molecule has 1 aliphatic rings. The number of amides is 1. The molecule has 5 nitrogen and oxygen atoms in total. The van der Waals surface area contributed by atoms with E-state index in [2.05, 4.69) is 33.9 Å². The maximum absolute atomic E-state index is 11.9. The highest BCUT2D eigenvalue weighted by atomic mass is 16.1. The maximum Gasteiger partial charge on any atom is 0.244 e. The lowest BCUT2D eigenvalue weighted by atomic mass is 10.2. The van der Waals surface area contributed by atoms with Gasteiger partial charge < -0.3 is 10.2 Å². The van der Waals surface area contributed by atoms with Gasteiger partial charge >= 0.3 is 0 Å². The van der Waals surface area contributed by atoms with Crippen molar-refractivity contribution in [2.75, 3.05) is 39.3 Å². The molecule has 120 valence electrons. The molecule has 1 N–H and O–H groups in total. The molecule has 2 rings (SSSR count). The van der Waals surface area contributed by atoms with E-state index < -0.39 is 0 Å². The third-order valence-corrected chi connectivity index (χ3v) is 4.18. The van der Waals surface area contributed by atoms with Crippen LogP contribution in [0.5, 0.6) is 0 Å². The molecule has 1 atom stereocenters. The smallest absolute Gasteiger partial charge is 0.244 e. The predicted octanol–water partition coefficient (Wildman–Crippen LogP) is 1.24. The number of piperazine rings is 1. The molecule has 0 bridgehead atoms. The molecule has 0 spiro atoms. The van der Waals surface area contributed by atoms with E-state index in [4.69, 9.17) is 0 Å². The van der Waals surface area contributed by atoms with Crippen LogP contribution < -0.4 is 5.32 Å². The molecule has 1 fully saturated rings. The van der Waals surface area contributed by atoms with E-state index in [1.807, 2.05) is 18.2 Å². The average molecular weight is 302 g/mol. The Morgan fingerprint density at radius 2 is 2.00 bits per heavy atom. The number of nitrogens with zero attached hydrogens (tertiary/aromatic N) is 3. The number of hydrogen-bond acceptors (Lipinski definition) is 4. The van der Waals surface area contributed by atoms with Gasteiger partial charge in [-0.3, -0.25) is 14.7 Å². The summed E-state index contributed by atoms with van der Waals surface area (Å²) in [4.78, 5) is 20.7. The second-order valence-corrected chi connectivity index (χ2v) is 5.68. The zero-order chi connectivity index (χ0) is 15.8. The summed E-state index contributed by atoms with van der Waals surface area (Å²) in [7, 11) is 0. The second-order valence-electron chi connectivity index (χ2n) is 5.68. The topological polar surface area (TPSA) is 48.5 Å². The zero-order valence-electron chi connectivity index (χ0n) is 13.5. The van der Waals surface area contributed by atoms with Gasteiger partial charge in [-0.2, -0.15) is 0 Å². The van der Waals surface area contributed by atoms with Gasteiger partial charge in [0.2, 0.25) is 5.91 Å². The molecule has 1 saturated heterocycles. The first kappa shape index (κ1) is 16.6. The first-order chi connectivity index (χ1) is 10.7. The minimum absolute atomic E-state index is 0.0455. The summed E-state index contributed by atoms with van der Waals surface area (Å²) in [5.41, 5.74) is 0.980. The summed E-state index contributed by atoms with van der Waals surface area (Å²) in [5, 5.41) is 2.98. The number of nitrogens with one attached hydrogen (secondary N) is 1. The van der Waals surface area contributed by atoms with Gasteiger partial charge in [0.05, 0.1) is 0 Å². The van der Waals surface area contributed by atoms with Crippen LogP contribution in [0.3, 0.4) is 0 Å². The van der Waals surface area contributed by atoms with Crippen LogP contribution in [0.1, 0.15) is 19.4 Å². The summed E-state index contributed by atoms with van der Waals surface area (Å²) in [6.45, 7) is 10.6. The van der Waals surface area contributed by atoms with Crippen LogP contribution in [0.2, 0.25) is 0 Å². The number of carbonyl (C=O) groups is 1. The Kier molecular flexibility index (Phi) is 6.55. The first-order valence-electron chi connectivity index (χ1n) is 8.01. The van der Waals surface area contributed by atoms with Crippen molar-refractivity contribution in [3.63, 3.8) is 0 Å². The Balaban J connectivity index is 1.71. The molecule has 1 aromatic heterocycles.